The fourth-order valence-corrected chi connectivity index (χ4v) is 3.39. The van der Waals surface area contributed by atoms with Gasteiger partial charge in [-0.05, 0) is 30.7 Å². The molecule has 4 aromatic rings. The zero-order chi connectivity index (χ0) is 20.4. The summed E-state index contributed by atoms with van der Waals surface area (Å²) >= 11 is 6.38. The lowest BCUT2D eigenvalue weighted by atomic mass is 10.0. The van der Waals surface area contributed by atoms with Crippen LogP contribution in [0.1, 0.15) is 18.5 Å². The van der Waals surface area contributed by atoms with Crippen LogP contribution in [-0.4, -0.2) is 22.1 Å². The minimum atomic E-state index is -0.336. The third kappa shape index (κ3) is 3.84. The third-order valence-electron chi connectivity index (χ3n) is 4.70. The first kappa shape index (κ1) is 19.1. The zero-order valence-corrected chi connectivity index (χ0v) is 16.6. The number of benzene rings is 2. The van der Waals surface area contributed by atoms with Crippen LogP contribution in [0, 0.1) is 5.82 Å². The summed E-state index contributed by atoms with van der Waals surface area (Å²) in [5, 5.41) is 4.71. The highest BCUT2D eigenvalue weighted by atomic mass is 35.5. The van der Waals surface area contributed by atoms with E-state index in [0.717, 1.165) is 27.7 Å². The summed E-state index contributed by atoms with van der Waals surface area (Å²) in [5.41, 5.74) is 3.63. The van der Waals surface area contributed by atoms with Crippen molar-refractivity contribution in [2.45, 2.75) is 13.0 Å². The molecular formula is C22H18ClFN4O. The molecule has 29 heavy (non-hydrogen) atoms. The highest BCUT2D eigenvalue weighted by molar-refractivity contribution is 6.34. The second kappa shape index (κ2) is 8.01. The smallest absolute Gasteiger partial charge is 0.316 e. The average Bonchev–Trinajstić information content (AvgIpc) is 2.76. The third-order valence-corrected chi connectivity index (χ3v) is 4.98. The van der Waals surface area contributed by atoms with Crippen LogP contribution in [0.15, 0.2) is 61.1 Å². The fraction of sp³-hybridized carbons (Fsp3) is 0.136. The Balaban J connectivity index is 1.69. The average molecular weight is 409 g/mol. The predicted molar refractivity (Wildman–Crippen MR) is 113 cm³/mol. The van der Waals surface area contributed by atoms with Crippen molar-refractivity contribution in [1.29, 1.82) is 0 Å². The number of aromatic nitrogens is 3. The molecule has 0 radical (unpaired) electrons. The number of halogens is 2. The summed E-state index contributed by atoms with van der Waals surface area (Å²) in [6.07, 6.45) is 4.89. The highest BCUT2D eigenvalue weighted by Gasteiger charge is 2.16. The van der Waals surface area contributed by atoms with Crippen LogP contribution in [0.4, 0.5) is 10.1 Å². The van der Waals surface area contributed by atoms with Crippen LogP contribution in [0.5, 0.6) is 6.01 Å². The Morgan fingerprint density at radius 2 is 1.76 bits per heavy atom. The van der Waals surface area contributed by atoms with Crippen LogP contribution < -0.4 is 10.1 Å². The second-order valence-electron chi connectivity index (χ2n) is 6.56. The monoisotopic (exact) mass is 408 g/mol. The molecule has 0 bridgehead atoms. The highest BCUT2D eigenvalue weighted by Crippen LogP contribution is 2.34. The zero-order valence-electron chi connectivity index (χ0n) is 15.9. The summed E-state index contributed by atoms with van der Waals surface area (Å²) in [7, 11) is 1.51. The molecule has 0 aliphatic heterocycles. The van der Waals surface area contributed by atoms with Crippen molar-refractivity contribution < 1.29 is 9.13 Å². The van der Waals surface area contributed by atoms with E-state index in [-0.39, 0.29) is 17.9 Å². The van der Waals surface area contributed by atoms with Crippen LogP contribution >= 0.6 is 11.6 Å². The Bertz CT molecular complexity index is 1170. The predicted octanol–water partition coefficient (Wildman–Crippen LogP) is 5.67. The number of para-hydroxylation sites is 1. The lowest BCUT2D eigenvalue weighted by Gasteiger charge is -2.19. The van der Waals surface area contributed by atoms with E-state index in [1.165, 1.54) is 13.2 Å². The summed E-state index contributed by atoms with van der Waals surface area (Å²) in [6, 6.07) is 12.6. The number of ether oxygens (including phenoxy) is 1. The number of pyridine rings is 1. The minimum absolute atomic E-state index is 0.283. The van der Waals surface area contributed by atoms with Crippen molar-refractivity contribution in [1.82, 2.24) is 15.0 Å². The lowest BCUT2D eigenvalue weighted by molar-refractivity contribution is 0.380. The van der Waals surface area contributed by atoms with Gasteiger partial charge in [-0.3, -0.25) is 4.98 Å². The Kier molecular flexibility index (Phi) is 5.27. The van der Waals surface area contributed by atoms with Gasteiger partial charge in [0.15, 0.2) is 0 Å². The number of methoxy groups -OCH3 is 1. The van der Waals surface area contributed by atoms with Gasteiger partial charge in [0.1, 0.15) is 5.82 Å². The van der Waals surface area contributed by atoms with E-state index in [1.54, 1.807) is 30.7 Å². The van der Waals surface area contributed by atoms with Gasteiger partial charge in [-0.2, -0.15) is 0 Å². The molecular weight excluding hydrogens is 391 g/mol. The van der Waals surface area contributed by atoms with Crippen molar-refractivity contribution in [3.8, 4) is 17.1 Å². The maximum atomic E-state index is 14.6. The van der Waals surface area contributed by atoms with Crippen LogP contribution in [0.25, 0.3) is 22.0 Å². The quantitative estimate of drug-likeness (QED) is 0.461. The molecule has 0 spiro atoms. The molecule has 5 nitrogen and oxygen atoms in total. The molecule has 0 amide bonds. The second-order valence-corrected chi connectivity index (χ2v) is 6.97. The number of nitrogens with zero attached hydrogens (tertiary/aromatic N) is 3. The fourth-order valence-electron chi connectivity index (χ4n) is 3.18. The molecule has 7 heteroatoms. The number of nitrogens with one attached hydrogen (secondary N) is 1. The van der Waals surface area contributed by atoms with Gasteiger partial charge in [0.05, 0.1) is 29.4 Å². The Morgan fingerprint density at radius 1 is 1.00 bits per heavy atom. The number of rotatable bonds is 5. The van der Waals surface area contributed by atoms with Crippen molar-refractivity contribution in [3.05, 3.63) is 77.5 Å². The summed E-state index contributed by atoms with van der Waals surface area (Å²) in [4.78, 5) is 12.6. The summed E-state index contributed by atoms with van der Waals surface area (Å²) < 4.78 is 19.6. The molecule has 0 aliphatic carbocycles. The molecule has 0 saturated carbocycles. The van der Waals surface area contributed by atoms with Gasteiger partial charge in [-0.1, -0.05) is 35.9 Å². The first-order valence-corrected chi connectivity index (χ1v) is 9.40. The number of fused-ring (bicyclic) bond motifs is 1. The van der Waals surface area contributed by atoms with Gasteiger partial charge in [0, 0.05) is 35.1 Å². The molecule has 2 aromatic heterocycles. The van der Waals surface area contributed by atoms with Gasteiger partial charge < -0.3 is 10.1 Å². The molecule has 0 aliphatic rings. The lowest BCUT2D eigenvalue weighted by Crippen LogP contribution is -2.10. The molecule has 2 heterocycles. The first-order valence-electron chi connectivity index (χ1n) is 9.02. The van der Waals surface area contributed by atoms with Gasteiger partial charge in [-0.15, -0.1) is 0 Å². The van der Waals surface area contributed by atoms with E-state index in [4.69, 9.17) is 16.3 Å². The maximum Gasteiger partial charge on any atom is 0.316 e. The molecule has 1 unspecified atom stereocenters. The van der Waals surface area contributed by atoms with Crippen LogP contribution in [0.2, 0.25) is 5.02 Å². The van der Waals surface area contributed by atoms with Crippen molar-refractivity contribution in [3.63, 3.8) is 0 Å². The van der Waals surface area contributed by atoms with Gasteiger partial charge in [0.25, 0.3) is 0 Å². The van der Waals surface area contributed by atoms with E-state index >= 15 is 0 Å². The largest absolute Gasteiger partial charge is 0.467 e. The first-order chi connectivity index (χ1) is 14.1. The molecule has 0 saturated heterocycles. The van der Waals surface area contributed by atoms with Crippen LogP contribution in [0.3, 0.4) is 0 Å². The molecule has 0 fully saturated rings. The molecule has 4 rings (SSSR count). The Labute approximate surface area is 172 Å². The van der Waals surface area contributed by atoms with E-state index < -0.39 is 0 Å². The van der Waals surface area contributed by atoms with Gasteiger partial charge in [0.2, 0.25) is 0 Å². The molecule has 1 N–H and O–H groups in total. The topological polar surface area (TPSA) is 59.9 Å². The molecule has 146 valence electrons. The minimum Gasteiger partial charge on any atom is -0.467 e. The molecule has 1 atom stereocenters. The number of anilines is 1. The van der Waals surface area contributed by atoms with Crippen LogP contribution in [-0.2, 0) is 0 Å². The standard InChI is InChI=1S/C22H18ClFN4O/c1-13(28-21-16-5-3-4-6-20(16)25-12-18(21)23)17-9-14(7-8-19(17)24)15-10-26-22(29-2)27-11-15/h3-13H,1-2H3,(H,25,28). The normalized spacial score (nSPS) is 12.0. The Morgan fingerprint density at radius 3 is 2.52 bits per heavy atom. The van der Waals surface area contributed by atoms with Crippen molar-refractivity contribution in [2.24, 2.45) is 0 Å². The SMILES string of the molecule is COc1ncc(-c2ccc(F)c(C(C)Nc3c(Cl)cnc4ccccc34)c2)cn1. The number of hydrogen-bond acceptors (Lipinski definition) is 5. The van der Waals surface area contributed by atoms with Gasteiger partial charge >= 0.3 is 6.01 Å². The van der Waals surface area contributed by atoms with E-state index in [0.29, 0.717) is 10.6 Å². The Hall–Kier alpha value is -3.25. The van der Waals surface area contributed by atoms with Gasteiger partial charge in [-0.25, -0.2) is 14.4 Å². The van der Waals surface area contributed by atoms with E-state index in [1.807, 2.05) is 31.2 Å². The summed E-state index contributed by atoms with van der Waals surface area (Å²) in [6.45, 7) is 1.89. The van der Waals surface area contributed by atoms with Crippen molar-refractivity contribution >= 4 is 28.2 Å². The number of hydrogen-bond donors (Lipinski definition) is 1. The van der Waals surface area contributed by atoms with Crippen molar-refractivity contribution in [2.75, 3.05) is 12.4 Å². The maximum absolute atomic E-state index is 14.6. The molecule has 2 aromatic carbocycles. The van der Waals surface area contributed by atoms with E-state index in [2.05, 4.69) is 20.3 Å². The summed E-state index contributed by atoms with van der Waals surface area (Å²) in [5.74, 6) is -0.308. The van der Waals surface area contributed by atoms with E-state index in [9.17, 15) is 4.39 Å².